The fourth-order valence-corrected chi connectivity index (χ4v) is 2.59. The Kier molecular flexibility index (Phi) is 8.35. The second-order valence-electron chi connectivity index (χ2n) is 5.78. The molecule has 0 spiro atoms. The summed E-state index contributed by atoms with van der Waals surface area (Å²) in [5.74, 6) is 0.849. The molecule has 0 atom stereocenters. The van der Waals surface area contributed by atoms with Gasteiger partial charge in [-0.3, -0.25) is 4.99 Å². The summed E-state index contributed by atoms with van der Waals surface area (Å²) in [6.07, 6.45) is 6.55. The molecule has 0 radical (unpaired) electrons. The predicted molar refractivity (Wildman–Crippen MR) is 98.1 cm³/mol. The van der Waals surface area contributed by atoms with E-state index in [0.717, 1.165) is 32.0 Å². The molecule has 0 aromatic heterocycles. The topological polar surface area (TPSA) is 54.9 Å². The first kappa shape index (κ1) is 18.5. The first-order valence-electron chi connectivity index (χ1n) is 8.67. The van der Waals surface area contributed by atoms with E-state index in [1.165, 1.54) is 11.1 Å². The summed E-state index contributed by atoms with van der Waals surface area (Å²) in [5.41, 5.74) is 2.39. The van der Waals surface area contributed by atoms with Crippen LogP contribution in [0.3, 0.4) is 0 Å². The molecule has 0 aliphatic heterocycles. The van der Waals surface area contributed by atoms with Gasteiger partial charge in [0, 0.05) is 26.2 Å². The minimum absolute atomic E-state index is 0.460. The zero-order valence-corrected chi connectivity index (χ0v) is 14.8. The van der Waals surface area contributed by atoms with Gasteiger partial charge in [-0.2, -0.15) is 0 Å². The zero-order valence-electron chi connectivity index (χ0n) is 14.8. The number of hydrogen-bond acceptors (Lipinski definition) is 3. The minimum atomic E-state index is 0.460. The van der Waals surface area contributed by atoms with E-state index in [4.69, 9.17) is 9.47 Å². The second kappa shape index (κ2) is 10.8. The molecule has 5 nitrogen and oxygen atoms in total. The maximum absolute atomic E-state index is 5.62. The van der Waals surface area contributed by atoms with E-state index in [1.54, 1.807) is 7.05 Å². The molecule has 2 rings (SSSR count). The third-order valence-electron chi connectivity index (χ3n) is 3.87. The number of guanidine groups is 1. The molecule has 0 bridgehead atoms. The molecule has 0 unspecified atom stereocenters. The third kappa shape index (κ3) is 6.72. The van der Waals surface area contributed by atoms with E-state index in [1.807, 2.05) is 6.92 Å². The van der Waals surface area contributed by atoms with Crippen molar-refractivity contribution >= 4 is 5.96 Å². The number of ether oxygens (including phenoxy) is 2. The van der Waals surface area contributed by atoms with E-state index in [2.05, 4.69) is 52.0 Å². The lowest BCUT2D eigenvalue weighted by atomic mass is 10.1. The molecule has 0 heterocycles. The number of nitrogens with zero attached hydrogens (tertiary/aromatic N) is 1. The van der Waals surface area contributed by atoms with Crippen molar-refractivity contribution in [1.29, 1.82) is 0 Å². The van der Waals surface area contributed by atoms with Crippen LogP contribution in [-0.2, 0) is 22.6 Å². The molecule has 0 fully saturated rings. The Morgan fingerprint density at radius 3 is 2.67 bits per heavy atom. The smallest absolute Gasteiger partial charge is 0.191 e. The first-order chi connectivity index (χ1) is 11.8. The summed E-state index contributed by atoms with van der Waals surface area (Å²) < 4.78 is 10.9. The molecule has 2 N–H and O–H groups in total. The van der Waals surface area contributed by atoms with Crippen molar-refractivity contribution < 1.29 is 9.47 Å². The molecule has 5 heteroatoms. The Morgan fingerprint density at radius 1 is 1.17 bits per heavy atom. The summed E-state index contributed by atoms with van der Waals surface area (Å²) in [4.78, 5) is 4.30. The number of benzene rings is 1. The molecule has 1 aromatic carbocycles. The highest BCUT2D eigenvalue weighted by atomic mass is 16.5. The van der Waals surface area contributed by atoms with E-state index < -0.39 is 0 Å². The van der Waals surface area contributed by atoms with Crippen molar-refractivity contribution in [2.24, 2.45) is 4.99 Å². The van der Waals surface area contributed by atoms with Crippen LogP contribution in [0.15, 0.2) is 41.4 Å². The number of aliphatic imine (C=N–C) groups is 1. The third-order valence-corrected chi connectivity index (χ3v) is 3.87. The first-order valence-corrected chi connectivity index (χ1v) is 8.67. The Morgan fingerprint density at radius 2 is 1.92 bits per heavy atom. The van der Waals surface area contributed by atoms with Crippen LogP contribution in [0.25, 0.3) is 0 Å². The van der Waals surface area contributed by atoms with Gasteiger partial charge in [-0.25, -0.2) is 0 Å². The lowest BCUT2D eigenvalue weighted by Gasteiger charge is -2.17. The van der Waals surface area contributed by atoms with Gasteiger partial charge >= 0.3 is 0 Å². The molecular formula is C19H29N3O2. The summed E-state index contributed by atoms with van der Waals surface area (Å²) in [6.45, 7) is 5.35. The maximum atomic E-state index is 5.62. The van der Waals surface area contributed by atoms with Crippen LogP contribution in [0, 0.1) is 0 Å². The lowest BCUT2D eigenvalue weighted by molar-refractivity contribution is 0.0453. The van der Waals surface area contributed by atoms with Gasteiger partial charge in [-0.15, -0.1) is 0 Å². The average molecular weight is 331 g/mol. The highest BCUT2D eigenvalue weighted by Gasteiger charge is 2.11. The zero-order chi connectivity index (χ0) is 17.0. The highest BCUT2D eigenvalue weighted by Crippen LogP contribution is 2.09. The summed E-state index contributed by atoms with van der Waals surface area (Å²) in [6, 6.07) is 8.89. The molecule has 132 valence electrons. The van der Waals surface area contributed by atoms with Crippen molar-refractivity contribution in [2.75, 3.05) is 26.9 Å². The lowest BCUT2D eigenvalue weighted by Crippen LogP contribution is -2.42. The number of hydrogen-bond donors (Lipinski definition) is 2. The second-order valence-corrected chi connectivity index (χ2v) is 5.78. The van der Waals surface area contributed by atoms with Crippen LogP contribution in [0.5, 0.6) is 0 Å². The fourth-order valence-electron chi connectivity index (χ4n) is 2.59. The molecule has 1 aromatic rings. The summed E-state index contributed by atoms with van der Waals surface area (Å²) in [7, 11) is 1.81. The van der Waals surface area contributed by atoms with Crippen molar-refractivity contribution in [3.8, 4) is 0 Å². The van der Waals surface area contributed by atoms with Crippen molar-refractivity contribution in [2.45, 2.75) is 39.0 Å². The van der Waals surface area contributed by atoms with Gasteiger partial charge in [0.05, 0.1) is 19.8 Å². The SMILES string of the molecule is CCOCCOCc1cccc(CNC(=NC)NC2CC=CC2)c1. The maximum Gasteiger partial charge on any atom is 0.191 e. The van der Waals surface area contributed by atoms with Crippen LogP contribution in [0.4, 0.5) is 0 Å². The average Bonchev–Trinajstić information content (AvgIpc) is 3.12. The van der Waals surface area contributed by atoms with Crippen molar-refractivity contribution in [1.82, 2.24) is 10.6 Å². The normalized spacial score (nSPS) is 15.0. The number of nitrogens with one attached hydrogen (secondary N) is 2. The molecule has 0 saturated heterocycles. The quantitative estimate of drug-likeness (QED) is 0.316. The monoisotopic (exact) mass is 331 g/mol. The Bertz CT molecular complexity index is 535. The van der Waals surface area contributed by atoms with E-state index >= 15 is 0 Å². The molecule has 1 aliphatic carbocycles. The van der Waals surface area contributed by atoms with Crippen molar-refractivity contribution in [3.05, 3.63) is 47.5 Å². The van der Waals surface area contributed by atoms with Crippen LogP contribution in [-0.4, -0.2) is 38.9 Å². The standard InChI is InChI=1S/C19H29N3O2/c1-3-23-11-12-24-15-17-8-6-7-16(13-17)14-21-19(20-2)22-18-9-4-5-10-18/h4-8,13,18H,3,9-12,14-15H2,1-2H3,(H2,20,21,22). The van der Waals surface area contributed by atoms with E-state index in [-0.39, 0.29) is 0 Å². The van der Waals surface area contributed by atoms with Gasteiger partial charge in [0.2, 0.25) is 0 Å². The Labute approximate surface area is 145 Å². The van der Waals surface area contributed by atoms with Gasteiger partial charge < -0.3 is 20.1 Å². The van der Waals surface area contributed by atoms with Crippen LogP contribution in [0.1, 0.15) is 30.9 Å². The van der Waals surface area contributed by atoms with Crippen LogP contribution < -0.4 is 10.6 Å². The van der Waals surface area contributed by atoms with Gasteiger partial charge in [0.15, 0.2) is 5.96 Å². The van der Waals surface area contributed by atoms with E-state index in [0.29, 0.717) is 25.9 Å². The summed E-state index contributed by atoms with van der Waals surface area (Å²) in [5, 5.41) is 6.82. The van der Waals surface area contributed by atoms with Gasteiger partial charge in [0.1, 0.15) is 0 Å². The largest absolute Gasteiger partial charge is 0.379 e. The van der Waals surface area contributed by atoms with E-state index in [9.17, 15) is 0 Å². The Hall–Kier alpha value is -1.85. The molecule has 24 heavy (non-hydrogen) atoms. The van der Waals surface area contributed by atoms with Crippen LogP contribution in [0.2, 0.25) is 0 Å². The van der Waals surface area contributed by atoms with Crippen molar-refractivity contribution in [3.63, 3.8) is 0 Å². The highest BCUT2D eigenvalue weighted by molar-refractivity contribution is 5.80. The summed E-state index contributed by atoms with van der Waals surface area (Å²) >= 11 is 0. The minimum Gasteiger partial charge on any atom is -0.379 e. The predicted octanol–water partition coefficient (Wildman–Crippen LogP) is 2.62. The molecule has 0 saturated carbocycles. The van der Waals surface area contributed by atoms with Gasteiger partial charge in [-0.05, 0) is 30.9 Å². The Balaban J connectivity index is 1.74. The molecule has 1 aliphatic rings. The van der Waals surface area contributed by atoms with Gasteiger partial charge in [-0.1, -0.05) is 36.4 Å². The fraction of sp³-hybridized carbons (Fsp3) is 0.526. The molecular weight excluding hydrogens is 302 g/mol. The van der Waals surface area contributed by atoms with Gasteiger partial charge in [0.25, 0.3) is 0 Å². The number of rotatable bonds is 9. The molecule has 0 amide bonds. The van der Waals surface area contributed by atoms with Crippen LogP contribution >= 0.6 is 0 Å².